The third-order valence-electron chi connectivity index (χ3n) is 5.32. The molecule has 0 saturated heterocycles. The maximum absolute atomic E-state index is 12.9. The Morgan fingerprint density at radius 2 is 2.00 bits per heavy atom. The minimum atomic E-state index is -3.71. The summed E-state index contributed by atoms with van der Waals surface area (Å²) in [5.74, 6) is 0.606. The summed E-state index contributed by atoms with van der Waals surface area (Å²) in [5, 5.41) is 13.8. The zero-order chi connectivity index (χ0) is 21.3. The molecule has 9 nitrogen and oxygen atoms in total. The first-order valence-corrected chi connectivity index (χ1v) is 11.3. The minimum absolute atomic E-state index is 0.161. The van der Waals surface area contributed by atoms with E-state index in [0.717, 1.165) is 5.56 Å². The number of aliphatic hydroxyl groups excluding tert-OH is 1. The molecule has 1 aliphatic rings. The van der Waals surface area contributed by atoms with E-state index in [-0.39, 0.29) is 22.9 Å². The van der Waals surface area contributed by atoms with Crippen molar-refractivity contribution in [2.75, 3.05) is 5.73 Å². The summed E-state index contributed by atoms with van der Waals surface area (Å²) < 4.78 is 30.2. The first-order chi connectivity index (χ1) is 14.3. The topological polar surface area (TPSA) is 136 Å². The van der Waals surface area contributed by atoms with Gasteiger partial charge in [-0.2, -0.15) is 5.10 Å². The molecular formula is C20H24N6O3S. The van der Waals surface area contributed by atoms with Crippen molar-refractivity contribution in [2.45, 2.75) is 49.6 Å². The molecule has 0 radical (unpaired) electrons. The molecule has 1 saturated carbocycles. The van der Waals surface area contributed by atoms with E-state index in [4.69, 9.17) is 5.73 Å². The van der Waals surface area contributed by atoms with Crippen molar-refractivity contribution in [1.29, 1.82) is 0 Å². The zero-order valence-electron chi connectivity index (χ0n) is 16.6. The fraction of sp³-hybridized carbons (Fsp3) is 0.350. The molecule has 30 heavy (non-hydrogen) atoms. The Morgan fingerprint density at radius 3 is 2.70 bits per heavy atom. The van der Waals surface area contributed by atoms with E-state index < -0.39 is 10.0 Å². The van der Waals surface area contributed by atoms with Crippen molar-refractivity contribution in [3.05, 3.63) is 48.4 Å². The van der Waals surface area contributed by atoms with Crippen LogP contribution < -0.4 is 10.5 Å². The molecular weight excluding hydrogens is 404 g/mol. The van der Waals surface area contributed by atoms with E-state index in [1.807, 2.05) is 6.92 Å². The lowest BCUT2D eigenvalue weighted by Crippen LogP contribution is -2.38. The molecule has 0 amide bonds. The van der Waals surface area contributed by atoms with Crippen LogP contribution in [0.1, 0.15) is 31.2 Å². The SMILES string of the molecule is Cc1ccc(S(=O)(=O)NC2CCC(O)CC2)cc1-c1cnc(N)c(-n2cccn2)n1. The molecule has 1 aromatic carbocycles. The van der Waals surface area contributed by atoms with E-state index >= 15 is 0 Å². The number of aryl methyl sites for hydroxylation is 1. The average molecular weight is 429 g/mol. The summed E-state index contributed by atoms with van der Waals surface area (Å²) in [6.07, 6.45) is 6.95. The maximum Gasteiger partial charge on any atom is 0.240 e. The summed E-state index contributed by atoms with van der Waals surface area (Å²) in [5.41, 5.74) is 7.97. The minimum Gasteiger partial charge on any atom is -0.393 e. The summed E-state index contributed by atoms with van der Waals surface area (Å²) in [6, 6.07) is 6.51. The molecule has 1 aliphatic carbocycles. The number of nitrogens with two attached hydrogens (primary N) is 1. The van der Waals surface area contributed by atoms with Crippen LogP contribution in [0.25, 0.3) is 17.1 Å². The Hall–Kier alpha value is -2.82. The monoisotopic (exact) mass is 428 g/mol. The van der Waals surface area contributed by atoms with Gasteiger partial charge in [0.05, 0.1) is 22.9 Å². The van der Waals surface area contributed by atoms with Crippen molar-refractivity contribution in [1.82, 2.24) is 24.5 Å². The molecule has 2 aromatic heterocycles. The molecule has 0 spiro atoms. The second-order valence-corrected chi connectivity index (χ2v) is 9.23. The van der Waals surface area contributed by atoms with Gasteiger partial charge >= 0.3 is 0 Å². The lowest BCUT2D eigenvalue weighted by molar-refractivity contribution is 0.120. The van der Waals surface area contributed by atoms with Crippen molar-refractivity contribution < 1.29 is 13.5 Å². The Labute approximate surface area is 175 Å². The van der Waals surface area contributed by atoms with Crippen LogP contribution in [0, 0.1) is 6.92 Å². The Kier molecular flexibility index (Phi) is 5.54. The Balaban J connectivity index is 1.66. The quantitative estimate of drug-likeness (QED) is 0.564. The summed E-state index contributed by atoms with van der Waals surface area (Å²) in [6.45, 7) is 1.88. The number of nitrogens with zero attached hydrogens (tertiary/aromatic N) is 4. The molecule has 158 valence electrons. The smallest absolute Gasteiger partial charge is 0.240 e. The highest BCUT2D eigenvalue weighted by Gasteiger charge is 2.25. The molecule has 4 rings (SSSR count). The fourth-order valence-electron chi connectivity index (χ4n) is 3.61. The van der Waals surface area contributed by atoms with Gasteiger partial charge in [0.1, 0.15) is 0 Å². The van der Waals surface area contributed by atoms with Crippen LogP contribution in [-0.4, -0.2) is 45.4 Å². The van der Waals surface area contributed by atoms with Gasteiger partial charge in [-0.05, 0) is 56.4 Å². The number of sulfonamides is 1. The maximum atomic E-state index is 12.9. The fourth-order valence-corrected chi connectivity index (χ4v) is 4.94. The van der Waals surface area contributed by atoms with Gasteiger partial charge in [-0.25, -0.2) is 27.8 Å². The second-order valence-electron chi connectivity index (χ2n) is 7.52. The first kappa shape index (κ1) is 20.5. The van der Waals surface area contributed by atoms with E-state index in [1.165, 1.54) is 10.9 Å². The van der Waals surface area contributed by atoms with E-state index in [0.29, 0.717) is 42.8 Å². The Bertz CT molecular complexity index is 1140. The predicted molar refractivity (Wildman–Crippen MR) is 112 cm³/mol. The number of nitrogen functional groups attached to an aromatic ring is 1. The number of aromatic nitrogens is 4. The number of hydrogen-bond donors (Lipinski definition) is 3. The number of rotatable bonds is 5. The van der Waals surface area contributed by atoms with Gasteiger partial charge in [-0.3, -0.25) is 0 Å². The first-order valence-electron chi connectivity index (χ1n) is 9.77. The van der Waals surface area contributed by atoms with Crippen LogP contribution in [0.4, 0.5) is 5.82 Å². The van der Waals surface area contributed by atoms with Gasteiger partial charge in [-0.15, -0.1) is 0 Å². The molecule has 10 heteroatoms. The lowest BCUT2D eigenvalue weighted by atomic mass is 9.94. The van der Waals surface area contributed by atoms with Gasteiger partial charge in [0.2, 0.25) is 10.0 Å². The van der Waals surface area contributed by atoms with Crippen molar-refractivity contribution in [3.8, 4) is 17.1 Å². The third kappa shape index (κ3) is 4.20. The number of hydrogen-bond acceptors (Lipinski definition) is 7. The van der Waals surface area contributed by atoms with Crippen LogP contribution in [-0.2, 0) is 10.0 Å². The highest BCUT2D eigenvalue weighted by molar-refractivity contribution is 7.89. The number of benzene rings is 1. The molecule has 2 heterocycles. The summed E-state index contributed by atoms with van der Waals surface area (Å²) in [4.78, 5) is 8.93. The number of aliphatic hydroxyl groups is 1. The molecule has 0 unspecified atom stereocenters. The number of anilines is 1. The summed E-state index contributed by atoms with van der Waals surface area (Å²) in [7, 11) is -3.71. The molecule has 1 fully saturated rings. The van der Waals surface area contributed by atoms with Crippen molar-refractivity contribution >= 4 is 15.8 Å². The predicted octanol–water partition coefficient (Wildman–Crippen LogP) is 1.80. The molecule has 0 atom stereocenters. The lowest BCUT2D eigenvalue weighted by Gasteiger charge is -2.26. The molecule has 0 bridgehead atoms. The summed E-state index contributed by atoms with van der Waals surface area (Å²) >= 11 is 0. The average Bonchev–Trinajstić information content (AvgIpc) is 3.25. The highest BCUT2D eigenvalue weighted by Crippen LogP contribution is 2.27. The van der Waals surface area contributed by atoms with Gasteiger partial charge < -0.3 is 10.8 Å². The van der Waals surface area contributed by atoms with Gasteiger partial charge in [0, 0.05) is 24.0 Å². The molecule has 3 aromatic rings. The third-order valence-corrected chi connectivity index (χ3v) is 6.83. The van der Waals surface area contributed by atoms with Gasteiger partial charge in [0.25, 0.3) is 0 Å². The van der Waals surface area contributed by atoms with Crippen LogP contribution >= 0.6 is 0 Å². The largest absolute Gasteiger partial charge is 0.393 e. The van der Waals surface area contributed by atoms with Crippen LogP contribution in [0.2, 0.25) is 0 Å². The van der Waals surface area contributed by atoms with Crippen molar-refractivity contribution in [2.24, 2.45) is 0 Å². The second kappa shape index (κ2) is 8.13. The standard InChI is InChI=1S/C20H24N6O3S/c1-13-3-8-16(30(28,29)25-14-4-6-15(27)7-5-14)11-17(13)18-12-22-19(21)20(24-18)26-10-2-9-23-26/h2-3,8-12,14-15,25,27H,4-7H2,1H3,(H2,21,22). The molecule has 4 N–H and O–H groups in total. The molecule has 0 aliphatic heterocycles. The van der Waals surface area contributed by atoms with Gasteiger partial charge in [0.15, 0.2) is 11.6 Å². The number of nitrogens with one attached hydrogen (secondary N) is 1. The normalized spacial score (nSPS) is 19.7. The Morgan fingerprint density at radius 1 is 1.23 bits per heavy atom. The zero-order valence-corrected chi connectivity index (χ0v) is 17.4. The van der Waals surface area contributed by atoms with Crippen LogP contribution in [0.3, 0.4) is 0 Å². The highest BCUT2D eigenvalue weighted by atomic mass is 32.2. The van der Waals surface area contributed by atoms with E-state index in [2.05, 4.69) is 19.8 Å². The van der Waals surface area contributed by atoms with Crippen LogP contribution in [0.15, 0.2) is 47.8 Å². The van der Waals surface area contributed by atoms with E-state index in [1.54, 1.807) is 36.7 Å². The van der Waals surface area contributed by atoms with E-state index in [9.17, 15) is 13.5 Å². The van der Waals surface area contributed by atoms with Gasteiger partial charge in [-0.1, -0.05) is 6.07 Å². The van der Waals surface area contributed by atoms with Crippen LogP contribution in [0.5, 0.6) is 0 Å². The van der Waals surface area contributed by atoms with Crippen molar-refractivity contribution in [3.63, 3.8) is 0 Å².